The molecule has 0 radical (unpaired) electrons. The summed E-state index contributed by atoms with van der Waals surface area (Å²) in [5.41, 5.74) is 2.15. The minimum atomic E-state index is -0.109. The highest BCUT2D eigenvalue weighted by Crippen LogP contribution is 2.42. The third-order valence-electron chi connectivity index (χ3n) is 5.70. The Morgan fingerprint density at radius 2 is 1.93 bits per heavy atom. The van der Waals surface area contributed by atoms with Crippen LogP contribution < -0.4 is 10.1 Å². The number of guanidine groups is 1. The van der Waals surface area contributed by atoms with Gasteiger partial charge in [0.25, 0.3) is 0 Å². The van der Waals surface area contributed by atoms with E-state index >= 15 is 0 Å². The van der Waals surface area contributed by atoms with Crippen molar-refractivity contribution in [1.82, 2.24) is 10.2 Å². The van der Waals surface area contributed by atoms with Crippen LogP contribution in [0.5, 0.6) is 5.75 Å². The molecular formula is C22H27FIN3O. The molecule has 0 spiro atoms. The van der Waals surface area contributed by atoms with Gasteiger partial charge in [0, 0.05) is 38.0 Å². The van der Waals surface area contributed by atoms with Crippen LogP contribution in [0.2, 0.25) is 0 Å². The third-order valence-corrected chi connectivity index (χ3v) is 5.70. The predicted octanol–water partition coefficient (Wildman–Crippen LogP) is 4.37. The molecule has 0 aromatic heterocycles. The van der Waals surface area contributed by atoms with Gasteiger partial charge in [-0.1, -0.05) is 30.3 Å². The molecule has 2 aromatic carbocycles. The Labute approximate surface area is 183 Å². The van der Waals surface area contributed by atoms with Crippen molar-refractivity contribution in [2.45, 2.75) is 30.7 Å². The molecule has 1 N–H and O–H groups in total. The fourth-order valence-electron chi connectivity index (χ4n) is 4.04. The third kappa shape index (κ3) is 4.42. The van der Waals surface area contributed by atoms with E-state index in [1.54, 1.807) is 19.2 Å². The van der Waals surface area contributed by atoms with Crippen LogP contribution in [0.4, 0.5) is 4.39 Å². The second kappa shape index (κ2) is 9.11. The maximum absolute atomic E-state index is 14.0. The molecule has 2 aliphatic rings. The summed E-state index contributed by atoms with van der Waals surface area (Å²) in [7, 11) is 3.51. The fraction of sp³-hybridized carbons (Fsp3) is 0.409. The SMILES string of the molecule is CN=C(NC1CC1c1ccccc1F)N1CCC(c2ccc(OC)cc2)C1.I. The van der Waals surface area contributed by atoms with Gasteiger partial charge in [0.15, 0.2) is 5.96 Å². The molecule has 2 aromatic rings. The second-order valence-electron chi connectivity index (χ2n) is 7.37. The highest BCUT2D eigenvalue weighted by molar-refractivity contribution is 14.0. The lowest BCUT2D eigenvalue weighted by atomic mass is 9.98. The lowest BCUT2D eigenvalue weighted by Crippen LogP contribution is -2.41. The monoisotopic (exact) mass is 495 g/mol. The van der Waals surface area contributed by atoms with Crippen LogP contribution in [0.1, 0.15) is 35.8 Å². The molecule has 1 aliphatic carbocycles. The molecule has 150 valence electrons. The van der Waals surface area contributed by atoms with Crippen LogP contribution in [-0.2, 0) is 0 Å². The Hall–Kier alpha value is -1.83. The zero-order valence-electron chi connectivity index (χ0n) is 16.3. The van der Waals surface area contributed by atoms with Crippen molar-refractivity contribution in [2.75, 3.05) is 27.2 Å². The summed E-state index contributed by atoms with van der Waals surface area (Å²) in [5, 5.41) is 3.54. The average Bonchev–Trinajstić information content (AvgIpc) is 3.29. The first-order valence-electron chi connectivity index (χ1n) is 9.56. The Morgan fingerprint density at radius 1 is 1.18 bits per heavy atom. The minimum absolute atomic E-state index is 0. The zero-order valence-corrected chi connectivity index (χ0v) is 18.6. The summed E-state index contributed by atoms with van der Waals surface area (Å²) < 4.78 is 19.2. The molecule has 0 bridgehead atoms. The number of aliphatic imine (C=N–C) groups is 1. The van der Waals surface area contributed by atoms with Gasteiger partial charge in [-0.2, -0.15) is 0 Å². The molecule has 4 rings (SSSR count). The number of rotatable bonds is 4. The lowest BCUT2D eigenvalue weighted by molar-refractivity contribution is 0.414. The maximum atomic E-state index is 14.0. The molecule has 6 heteroatoms. The van der Waals surface area contributed by atoms with E-state index in [1.807, 2.05) is 31.3 Å². The summed E-state index contributed by atoms with van der Waals surface area (Å²) in [5.74, 6) is 2.44. The van der Waals surface area contributed by atoms with Gasteiger partial charge in [0.1, 0.15) is 11.6 Å². The number of likely N-dealkylation sites (tertiary alicyclic amines) is 1. The van der Waals surface area contributed by atoms with Gasteiger partial charge in [-0.15, -0.1) is 24.0 Å². The summed E-state index contributed by atoms with van der Waals surface area (Å²) in [6, 6.07) is 15.7. The molecule has 0 amide bonds. The summed E-state index contributed by atoms with van der Waals surface area (Å²) >= 11 is 0. The standard InChI is InChI=1S/C22H26FN3O.HI/c1-24-22(25-21-13-19(21)18-5-3-4-6-20(18)23)26-12-11-16(14-26)15-7-9-17(27-2)10-8-15;/h3-10,16,19,21H,11-14H2,1-2H3,(H,24,25);1H. The van der Waals surface area contributed by atoms with E-state index in [1.165, 1.54) is 5.56 Å². The Balaban J connectivity index is 0.00000225. The summed E-state index contributed by atoms with van der Waals surface area (Å²) in [6.45, 7) is 1.93. The van der Waals surface area contributed by atoms with Crippen molar-refractivity contribution in [3.05, 3.63) is 65.5 Å². The molecule has 3 atom stereocenters. The molecule has 2 fully saturated rings. The van der Waals surface area contributed by atoms with Crippen molar-refractivity contribution in [2.24, 2.45) is 4.99 Å². The first-order chi connectivity index (χ1) is 13.2. The van der Waals surface area contributed by atoms with E-state index in [9.17, 15) is 4.39 Å². The molecule has 1 heterocycles. The predicted molar refractivity (Wildman–Crippen MR) is 121 cm³/mol. The van der Waals surface area contributed by atoms with E-state index in [4.69, 9.17) is 4.74 Å². The molecule has 4 nitrogen and oxygen atoms in total. The fourth-order valence-corrected chi connectivity index (χ4v) is 4.04. The zero-order chi connectivity index (χ0) is 18.8. The molecule has 3 unspecified atom stereocenters. The van der Waals surface area contributed by atoms with Gasteiger partial charge in [-0.25, -0.2) is 4.39 Å². The first kappa shape index (κ1) is 20.9. The molecular weight excluding hydrogens is 468 g/mol. The minimum Gasteiger partial charge on any atom is -0.497 e. The van der Waals surface area contributed by atoms with Crippen molar-refractivity contribution in [3.8, 4) is 5.75 Å². The normalized spacial score (nSPS) is 23.9. The van der Waals surface area contributed by atoms with Crippen LogP contribution in [0.3, 0.4) is 0 Å². The van der Waals surface area contributed by atoms with Gasteiger partial charge in [-0.3, -0.25) is 4.99 Å². The molecule has 1 saturated heterocycles. The van der Waals surface area contributed by atoms with Crippen LogP contribution >= 0.6 is 24.0 Å². The van der Waals surface area contributed by atoms with Crippen LogP contribution in [-0.4, -0.2) is 44.1 Å². The second-order valence-corrected chi connectivity index (χ2v) is 7.37. The molecule has 1 aliphatic heterocycles. The number of methoxy groups -OCH3 is 1. The van der Waals surface area contributed by atoms with E-state index in [2.05, 4.69) is 27.3 Å². The van der Waals surface area contributed by atoms with Crippen molar-refractivity contribution >= 4 is 29.9 Å². The molecule has 1 saturated carbocycles. The number of ether oxygens (including phenoxy) is 1. The number of benzene rings is 2. The van der Waals surface area contributed by atoms with E-state index in [-0.39, 0.29) is 41.8 Å². The molecule has 28 heavy (non-hydrogen) atoms. The van der Waals surface area contributed by atoms with Crippen LogP contribution in [0, 0.1) is 5.82 Å². The summed E-state index contributed by atoms with van der Waals surface area (Å²) in [6.07, 6.45) is 2.06. The largest absolute Gasteiger partial charge is 0.497 e. The van der Waals surface area contributed by atoms with Gasteiger partial charge >= 0.3 is 0 Å². The van der Waals surface area contributed by atoms with Crippen molar-refractivity contribution in [1.29, 1.82) is 0 Å². The van der Waals surface area contributed by atoms with Gasteiger partial charge < -0.3 is 15.0 Å². The van der Waals surface area contributed by atoms with E-state index in [0.29, 0.717) is 5.92 Å². The van der Waals surface area contributed by atoms with Crippen molar-refractivity contribution < 1.29 is 9.13 Å². The van der Waals surface area contributed by atoms with E-state index in [0.717, 1.165) is 43.2 Å². The van der Waals surface area contributed by atoms with Crippen LogP contribution in [0.25, 0.3) is 0 Å². The quantitative estimate of drug-likeness (QED) is 0.389. The van der Waals surface area contributed by atoms with Gasteiger partial charge in [0.2, 0.25) is 0 Å². The Bertz CT molecular complexity index is 827. The Kier molecular flexibility index (Phi) is 6.80. The average molecular weight is 495 g/mol. The smallest absolute Gasteiger partial charge is 0.193 e. The maximum Gasteiger partial charge on any atom is 0.193 e. The lowest BCUT2D eigenvalue weighted by Gasteiger charge is -2.22. The summed E-state index contributed by atoms with van der Waals surface area (Å²) in [4.78, 5) is 6.79. The topological polar surface area (TPSA) is 36.9 Å². The number of nitrogens with one attached hydrogen (secondary N) is 1. The highest BCUT2D eigenvalue weighted by atomic mass is 127. The van der Waals surface area contributed by atoms with Crippen molar-refractivity contribution in [3.63, 3.8) is 0 Å². The number of halogens is 2. The van der Waals surface area contributed by atoms with E-state index < -0.39 is 0 Å². The first-order valence-corrected chi connectivity index (χ1v) is 9.56. The van der Waals surface area contributed by atoms with Gasteiger partial charge in [-0.05, 0) is 42.2 Å². The van der Waals surface area contributed by atoms with Crippen LogP contribution in [0.15, 0.2) is 53.5 Å². The highest BCUT2D eigenvalue weighted by Gasteiger charge is 2.41. The Morgan fingerprint density at radius 3 is 2.61 bits per heavy atom. The number of hydrogen-bond acceptors (Lipinski definition) is 2. The number of nitrogens with zero attached hydrogens (tertiary/aromatic N) is 2. The van der Waals surface area contributed by atoms with Gasteiger partial charge in [0.05, 0.1) is 7.11 Å². The number of hydrogen-bond donors (Lipinski definition) is 1.